The van der Waals surface area contributed by atoms with Gasteiger partial charge in [0, 0.05) is 23.1 Å². The van der Waals surface area contributed by atoms with Gasteiger partial charge in [0.2, 0.25) is 0 Å². The summed E-state index contributed by atoms with van der Waals surface area (Å²) in [6.07, 6.45) is 1.92. The molecule has 1 aliphatic rings. The Morgan fingerprint density at radius 3 is 2.73 bits per heavy atom. The predicted molar refractivity (Wildman–Crippen MR) is 91.5 cm³/mol. The molecule has 4 heteroatoms. The number of nitrogens with one attached hydrogen (secondary N) is 1. The van der Waals surface area contributed by atoms with Crippen molar-refractivity contribution < 1.29 is 4.79 Å². The molecule has 0 atom stereocenters. The van der Waals surface area contributed by atoms with E-state index in [1.165, 1.54) is 16.7 Å². The number of aryl methyl sites for hydroxylation is 1. The van der Waals surface area contributed by atoms with Gasteiger partial charge in [0.25, 0.3) is 5.91 Å². The fraction of sp³-hybridized carbons (Fsp3) is 0.278. The van der Waals surface area contributed by atoms with Crippen molar-refractivity contribution in [2.24, 2.45) is 0 Å². The van der Waals surface area contributed by atoms with E-state index in [0.29, 0.717) is 5.56 Å². The largest absolute Gasteiger partial charge is 0.284 e. The highest BCUT2D eigenvalue weighted by atomic mass is 79.9. The summed E-state index contributed by atoms with van der Waals surface area (Å²) >= 11 is 3.60. The lowest BCUT2D eigenvalue weighted by Gasteiger charge is -2.29. The number of rotatable bonds is 3. The van der Waals surface area contributed by atoms with Crippen LogP contribution in [0.1, 0.15) is 34.0 Å². The molecule has 0 fully saturated rings. The lowest BCUT2D eigenvalue weighted by atomic mass is 10.0. The molecule has 114 valence electrons. The lowest BCUT2D eigenvalue weighted by Crippen LogP contribution is -2.45. The van der Waals surface area contributed by atoms with Crippen molar-refractivity contribution >= 4 is 21.8 Å². The van der Waals surface area contributed by atoms with E-state index in [4.69, 9.17) is 0 Å². The molecule has 0 spiro atoms. The molecule has 0 unspecified atom stereocenters. The number of hydrogen-bond acceptors (Lipinski definition) is 2. The Morgan fingerprint density at radius 2 is 2.00 bits per heavy atom. The highest BCUT2D eigenvalue weighted by Gasteiger charge is 2.19. The molecular weight excluding hydrogens is 340 g/mol. The SMILES string of the molecule is CCc1ccc(C(=O)NN2CCc3c(Br)cccc3C2)cc1. The molecule has 1 amide bonds. The lowest BCUT2D eigenvalue weighted by molar-refractivity contribution is 0.0763. The zero-order chi connectivity index (χ0) is 15.5. The van der Waals surface area contributed by atoms with Crippen LogP contribution >= 0.6 is 15.9 Å². The van der Waals surface area contributed by atoms with Gasteiger partial charge in [0.15, 0.2) is 0 Å². The fourth-order valence-electron chi connectivity index (χ4n) is 2.76. The number of benzene rings is 2. The number of nitrogens with zero attached hydrogens (tertiary/aromatic N) is 1. The van der Waals surface area contributed by atoms with Crippen molar-refractivity contribution in [1.29, 1.82) is 0 Å². The van der Waals surface area contributed by atoms with E-state index in [-0.39, 0.29) is 5.91 Å². The van der Waals surface area contributed by atoms with Gasteiger partial charge in [-0.05, 0) is 47.7 Å². The third kappa shape index (κ3) is 3.23. The molecule has 2 aromatic carbocycles. The quantitative estimate of drug-likeness (QED) is 0.906. The Bertz CT molecular complexity index is 682. The molecule has 0 aromatic heterocycles. The molecule has 3 nitrogen and oxygen atoms in total. The number of amides is 1. The number of hydrogen-bond donors (Lipinski definition) is 1. The second-order valence-electron chi connectivity index (χ2n) is 5.54. The van der Waals surface area contributed by atoms with Crippen LogP contribution in [0.3, 0.4) is 0 Å². The second-order valence-corrected chi connectivity index (χ2v) is 6.39. The number of halogens is 1. The molecule has 1 N–H and O–H groups in total. The van der Waals surface area contributed by atoms with Gasteiger partial charge in [-0.25, -0.2) is 5.01 Å². The van der Waals surface area contributed by atoms with E-state index in [1.807, 2.05) is 35.3 Å². The Labute approximate surface area is 139 Å². The minimum atomic E-state index is -0.0406. The summed E-state index contributed by atoms with van der Waals surface area (Å²) in [4.78, 5) is 12.3. The average Bonchev–Trinajstić information content (AvgIpc) is 2.55. The van der Waals surface area contributed by atoms with E-state index in [0.717, 1.165) is 30.4 Å². The third-order valence-electron chi connectivity index (χ3n) is 4.09. The van der Waals surface area contributed by atoms with Gasteiger partial charge >= 0.3 is 0 Å². The molecule has 0 saturated carbocycles. The number of carbonyl (C=O) groups is 1. The van der Waals surface area contributed by atoms with E-state index < -0.39 is 0 Å². The van der Waals surface area contributed by atoms with Gasteiger partial charge in [0.05, 0.1) is 0 Å². The summed E-state index contributed by atoms with van der Waals surface area (Å²) in [6.45, 7) is 3.68. The van der Waals surface area contributed by atoms with Crippen LogP contribution in [0.4, 0.5) is 0 Å². The van der Waals surface area contributed by atoms with Gasteiger partial charge in [-0.2, -0.15) is 0 Å². The first-order chi connectivity index (χ1) is 10.7. The Kier molecular flexibility index (Phi) is 4.60. The molecule has 0 saturated heterocycles. The fourth-order valence-corrected chi connectivity index (χ4v) is 3.36. The minimum absolute atomic E-state index is 0.0406. The molecule has 1 aliphatic heterocycles. The normalized spacial score (nSPS) is 14.5. The summed E-state index contributed by atoms with van der Waals surface area (Å²) in [7, 11) is 0. The molecule has 0 bridgehead atoms. The van der Waals surface area contributed by atoms with Crippen molar-refractivity contribution in [1.82, 2.24) is 10.4 Å². The maximum atomic E-state index is 12.3. The standard InChI is InChI=1S/C18H19BrN2O/c1-2-13-6-8-14(9-7-13)18(22)20-21-11-10-16-15(12-21)4-3-5-17(16)19/h3-9H,2,10-12H2,1H3,(H,20,22). The number of fused-ring (bicyclic) bond motifs is 1. The Morgan fingerprint density at radius 1 is 1.23 bits per heavy atom. The van der Waals surface area contributed by atoms with Crippen LogP contribution in [0, 0.1) is 0 Å². The van der Waals surface area contributed by atoms with E-state index in [9.17, 15) is 4.79 Å². The van der Waals surface area contributed by atoms with Gasteiger partial charge in [0.1, 0.15) is 0 Å². The summed E-state index contributed by atoms with van der Waals surface area (Å²) in [5.41, 5.74) is 7.58. The van der Waals surface area contributed by atoms with Crippen molar-refractivity contribution in [3.05, 3.63) is 69.2 Å². The highest BCUT2D eigenvalue weighted by molar-refractivity contribution is 9.10. The number of carbonyl (C=O) groups excluding carboxylic acids is 1. The van der Waals surface area contributed by atoms with Crippen molar-refractivity contribution in [3.63, 3.8) is 0 Å². The second kappa shape index (κ2) is 6.63. The first kappa shape index (κ1) is 15.3. The maximum absolute atomic E-state index is 12.3. The molecular formula is C18H19BrN2O. The van der Waals surface area contributed by atoms with E-state index in [2.05, 4.69) is 40.4 Å². The van der Waals surface area contributed by atoms with Gasteiger partial charge in [-0.3, -0.25) is 10.2 Å². The van der Waals surface area contributed by atoms with Crippen LogP contribution in [-0.4, -0.2) is 17.5 Å². The van der Waals surface area contributed by atoms with E-state index >= 15 is 0 Å². The summed E-state index contributed by atoms with van der Waals surface area (Å²) in [5.74, 6) is -0.0406. The van der Waals surface area contributed by atoms with Crippen molar-refractivity contribution in [2.75, 3.05) is 6.54 Å². The van der Waals surface area contributed by atoms with Crippen LogP contribution in [-0.2, 0) is 19.4 Å². The molecule has 22 heavy (non-hydrogen) atoms. The van der Waals surface area contributed by atoms with Gasteiger partial charge < -0.3 is 0 Å². The average molecular weight is 359 g/mol. The minimum Gasteiger partial charge on any atom is -0.284 e. The van der Waals surface area contributed by atoms with E-state index in [1.54, 1.807) is 0 Å². The highest BCUT2D eigenvalue weighted by Crippen LogP contribution is 2.25. The molecule has 3 rings (SSSR count). The maximum Gasteiger partial charge on any atom is 0.265 e. The molecule has 0 aliphatic carbocycles. The smallest absolute Gasteiger partial charge is 0.265 e. The first-order valence-electron chi connectivity index (χ1n) is 7.58. The first-order valence-corrected chi connectivity index (χ1v) is 8.38. The topological polar surface area (TPSA) is 32.3 Å². The number of hydrazine groups is 1. The molecule has 2 aromatic rings. The van der Waals surface area contributed by atoms with Crippen LogP contribution in [0.15, 0.2) is 46.9 Å². The summed E-state index contributed by atoms with van der Waals surface area (Å²) in [6, 6.07) is 14.0. The zero-order valence-corrected chi connectivity index (χ0v) is 14.2. The summed E-state index contributed by atoms with van der Waals surface area (Å²) < 4.78 is 1.16. The zero-order valence-electron chi connectivity index (χ0n) is 12.6. The van der Waals surface area contributed by atoms with Crippen LogP contribution < -0.4 is 5.43 Å². The summed E-state index contributed by atoms with van der Waals surface area (Å²) in [5, 5.41) is 1.99. The third-order valence-corrected chi connectivity index (χ3v) is 4.84. The Balaban J connectivity index is 1.67. The van der Waals surface area contributed by atoms with Gasteiger partial charge in [-0.15, -0.1) is 0 Å². The Hall–Kier alpha value is -1.65. The van der Waals surface area contributed by atoms with Crippen molar-refractivity contribution in [3.8, 4) is 0 Å². The van der Waals surface area contributed by atoms with Crippen LogP contribution in [0.2, 0.25) is 0 Å². The monoisotopic (exact) mass is 358 g/mol. The van der Waals surface area contributed by atoms with Crippen LogP contribution in [0.5, 0.6) is 0 Å². The van der Waals surface area contributed by atoms with Crippen LogP contribution in [0.25, 0.3) is 0 Å². The predicted octanol–water partition coefficient (Wildman–Crippen LogP) is 3.71. The van der Waals surface area contributed by atoms with Crippen molar-refractivity contribution in [2.45, 2.75) is 26.3 Å². The molecule has 1 heterocycles. The molecule has 0 radical (unpaired) electrons. The van der Waals surface area contributed by atoms with Gasteiger partial charge in [-0.1, -0.05) is 47.1 Å².